The van der Waals surface area contributed by atoms with Crippen molar-refractivity contribution in [1.82, 2.24) is 15.1 Å². The second kappa shape index (κ2) is 14.0. The minimum atomic E-state index is -0.673. The lowest BCUT2D eigenvalue weighted by Gasteiger charge is -2.37. The van der Waals surface area contributed by atoms with Crippen molar-refractivity contribution in [3.05, 3.63) is 29.8 Å². The van der Waals surface area contributed by atoms with Crippen LogP contribution in [0.5, 0.6) is 0 Å². The minimum Gasteiger partial charge on any atom is -0.462 e. The monoisotopic (exact) mass is 514 g/mol. The SMILES string of the molecule is CCOC(=O)c1ccc(NC(=O)NC(C(=O)N2CCN(C(=O)CCC3CCCC3)CC2)C(C)CC)cc1. The average Bonchev–Trinajstić information content (AvgIpc) is 3.44. The molecule has 9 heteroatoms. The third-order valence-corrected chi connectivity index (χ3v) is 7.60. The van der Waals surface area contributed by atoms with Crippen LogP contribution in [0.2, 0.25) is 0 Å². The van der Waals surface area contributed by atoms with Gasteiger partial charge in [0.1, 0.15) is 6.04 Å². The normalized spacial score (nSPS) is 17.7. The van der Waals surface area contributed by atoms with Gasteiger partial charge in [0.05, 0.1) is 12.2 Å². The number of anilines is 1. The number of urea groups is 1. The van der Waals surface area contributed by atoms with Crippen molar-refractivity contribution in [3.8, 4) is 0 Å². The maximum Gasteiger partial charge on any atom is 0.338 e. The van der Waals surface area contributed by atoms with Crippen LogP contribution >= 0.6 is 0 Å². The Morgan fingerprint density at radius 3 is 2.19 bits per heavy atom. The van der Waals surface area contributed by atoms with E-state index in [1.807, 2.05) is 18.7 Å². The van der Waals surface area contributed by atoms with Crippen LogP contribution in [0.15, 0.2) is 24.3 Å². The quantitative estimate of drug-likeness (QED) is 0.458. The van der Waals surface area contributed by atoms with Crippen molar-refractivity contribution in [3.63, 3.8) is 0 Å². The van der Waals surface area contributed by atoms with Gasteiger partial charge in [-0.3, -0.25) is 9.59 Å². The molecule has 1 heterocycles. The predicted octanol–water partition coefficient (Wildman–Crippen LogP) is 4.04. The number of esters is 1. The molecule has 1 aromatic rings. The Balaban J connectivity index is 1.50. The number of nitrogens with one attached hydrogen (secondary N) is 2. The largest absolute Gasteiger partial charge is 0.462 e. The Morgan fingerprint density at radius 1 is 0.973 bits per heavy atom. The maximum absolute atomic E-state index is 13.4. The van der Waals surface area contributed by atoms with Crippen LogP contribution in [-0.4, -0.2) is 72.4 Å². The molecule has 1 aliphatic heterocycles. The van der Waals surface area contributed by atoms with Gasteiger partial charge in [0.15, 0.2) is 0 Å². The van der Waals surface area contributed by atoms with Crippen LogP contribution in [-0.2, 0) is 14.3 Å². The molecule has 4 amide bonds. The van der Waals surface area contributed by atoms with Gasteiger partial charge in [-0.25, -0.2) is 9.59 Å². The van der Waals surface area contributed by atoms with Gasteiger partial charge in [-0.15, -0.1) is 0 Å². The van der Waals surface area contributed by atoms with E-state index in [0.29, 0.717) is 49.8 Å². The summed E-state index contributed by atoms with van der Waals surface area (Å²) in [6.07, 6.45) is 7.34. The summed E-state index contributed by atoms with van der Waals surface area (Å²) in [5.41, 5.74) is 0.905. The summed E-state index contributed by atoms with van der Waals surface area (Å²) in [6.45, 7) is 7.96. The highest BCUT2D eigenvalue weighted by Crippen LogP contribution is 2.28. The second-order valence-electron chi connectivity index (χ2n) is 10.2. The summed E-state index contributed by atoms with van der Waals surface area (Å²) in [4.78, 5) is 54.2. The van der Waals surface area contributed by atoms with Crippen molar-refractivity contribution in [2.24, 2.45) is 11.8 Å². The van der Waals surface area contributed by atoms with E-state index in [1.54, 1.807) is 36.1 Å². The van der Waals surface area contributed by atoms with Crippen LogP contribution in [0, 0.1) is 11.8 Å². The van der Waals surface area contributed by atoms with Gasteiger partial charge in [-0.05, 0) is 49.4 Å². The molecule has 1 aliphatic carbocycles. The zero-order valence-electron chi connectivity index (χ0n) is 22.5. The highest BCUT2D eigenvalue weighted by Gasteiger charge is 2.32. The molecule has 0 radical (unpaired) electrons. The molecule has 3 rings (SSSR count). The molecule has 2 unspecified atom stereocenters. The van der Waals surface area contributed by atoms with E-state index in [1.165, 1.54) is 25.7 Å². The number of nitrogens with zero attached hydrogens (tertiary/aromatic N) is 2. The van der Waals surface area contributed by atoms with Crippen LogP contribution in [0.1, 0.15) is 76.1 Å². The lowest BCUT2D eigenvalue weighted by atomic mass is 9.97. The first-order chi connectivity index (χ1) is 17.8. The number of hydrogen-bond donors (Lipinski definition) is 2. The number of hydrogen-bond acceptors (Lipinski definition) is 5. The van der Waals surface area contributed by atoms with Gasteiger partial charge in [-0.1, -0.05) is 46.0 Å². The topological polar surface area (TPSA) is 108 Å². The van der Waals surface area contributed by atoms with Gasteiger partial charge < -0.3 is 25.2 Å². The van der Waals surface area contributed by atoms with E-state index in [0.717, 1.165) is 12.8 Å². The number of amides is 4. The fourth-order valence-corrected chi connectivity index (χ4v) is 5.05. The van der Waals surface area contributed by atoms with Crippen LogP contribution in [0.3, 0.4) is 0 Å². The van der Waals surface area contributed by atoms with Gasteiger partial charge in [-0.2, -0.15) is 0 Å². The van der Waals surface area contributed by atoms with E-state index in [-0.39, 0.29) is 24.3 Å². The van der Waals surface area contributed by atoms with Crippen LogP contribution in [0.4, 0.5) is 10.5 Å². The fourth-order valence-electron chi connectivity index (χ4n) is 5.05. The number of carbonyl (C=O) groups excluding carboxylic acids is 4. The summed E-state index contributed by atoms with van der Waals surface area (Å²) in [6, 6.07) is 5.25. The lowest BCUT2D eigenvalue weighted by Crippen LogP contribution is -2.57. The molecule has 2 atom stereocenters. The maximum atomic E-state index is 13.4. The summed E-state index contributed by atoms with van der Waals surface area (Å²) < 4.78 is 4.97. The average molecular weight is 515 g/mol. The number of carbonyl (C=O) groups is 4. The second-order valence-corrected chi connectivity index (χ2v) is 10.2. The first-order valence-electron chi connectivity index (χ1n) is 13.7. The summed E-state index contributed by atoms with van der Waals surface area (Å²) in [5.74, 6) is 0.270. The van der Waals surface area contributed by atoms with Crippen molar-refractivity contribution in [2.45, 2.75) is 71.8 Å². The van der Waals surface area contributed by atoms with Crippen molar-refractivity contribution >= 4 is 29.5 Å². The molecule has 1 aromatic carbocycles. The Kier molecular flexibility index (Phi) is 10.8. The number of ether oxygens (including phenoxy) is 1. The molecule has 0 bridgehead atoms. The summed E-state index contributed by atoms with van der Waals surface area (Å²) in [7, 11) is 0. The van der Waals surface area contributed by atoms with Crippen molar-refractivity contribution < 1.29 is 23.9 Å². The molecule has 2 aliphatic rings. The zero-order valence-corrected chi connectivity index (χ0v) is 22.5. The number of benzene rings is 1. The molecule has 1 saturated carbocycles. The van der Waals surface area contributed by atoms with E-state index < -0.39 is 18.0 Å². The minimum absolute atomic E-state index is 0.0597. The Bertz CT molecular complexity index is 921. The van der Waals surface area contributed by atoms with Gasteiger partial charge >= 0.3 is 12.0 Å². The molecule has 0 aromatic heterocycles. The summed E-state index contributed by atoms with van der Waals surface area (Å²) in [5, 5.41) is 5.58. The zero-order chi connectivity index (χ0) is 26.8. The molecular weight excluding hydrogens is 472 g/mol. The van der Waals surface area contributed by atoms with Crippen LogP contribution in [0.25, 0.3) is 0 Å². The van der Waals surface area contributed by atoms with Crippen molar-refractivity contribution in [1.29, 1.82) is 0 Å². The standard InChI is InChI=1S/C28H42N4O5/c1-4-20(3)25(30-28(36)29-23-13-11-22(12-14-23)27(35)37-5-2)26(34)32-18-16-31(17-19-32)24(33)15-10-21-8-6-7-9-21/h11-14,20-21,25H,4-10,15-19H2,1-3H3,(H2,29,30,36). The van der Waals surface area contributed by atoms with E-state index in [4.69, 9.17) is 4.74 Å². The highest BCUT2D eigenvalue weighted by molar-refractivity contribution is 5.95. The molecule has 1 saturated heterocycles. The Labute approximate surface area is 220 Å². The number of piperazine rings is 1. The van der Waals surface area contributed by atoms with Gasteiger partial charge in [0.2, 0.25) is 11.8 Å². The van der Waals surface area contributed by atoms with Gasteiger partial charge in [0.25, 0.3) is 0 Å². The summed E-state index contributed by atoms with van der Waals surface area (Å²) >= 11 is 0. The molecule has 2 fully saturated rings. The molecular formula is C28H42N4O5. The molecule has 0 spiro atoms. The molecule has 37 heavy (non-hydrogen) atoms. The van der Waals surface area contributed by atoms with Gasteiger partial charge in [0, 0.05) is 38.3 Å². The van der Waals surface area contributed by atoms with Crippen LogP contribution < -0.4 is 10.6 Å². The third-order valence-electron chi connectivity index (χ3n) is 7.60. The fraction of sp³-hybridized carbons (Fsp3) is 0.643. The van der Waals surface area contributed by atoms with Crippen molar-refractivity contribution in [2.75, 3.05) is 38.1 Å². The molecule has 204 valence electrons. The van der Waals surface area contributed by atoms with E-state index >= 15 is 0 Å². The first-order valence-corrected chi connectivity index (χ1v) is 13.7. The Morgan fingerprint density at radius 2 is 1.59 bits per heavy atom. The van der Waals surface area contributed by atoms with E-state index in [9.17, 15) is 19.2 Å². The first kappa shape index (κ1) is 28.5. The lowest BCUT2D eigenvalue weighted by molar-refractivity contribution is -0.141. The highest BCUT2D eigenvalue weighted by atomic mass is 16.5. The molecule has 2 N–H and O–H groups in total. The predicted molar refractivity (Wildman–Crippen MR) is 142 cm³/mol. The smallest absolute Gasteiger partial charge is 0.338 e. The van der Waals surface area contributed by atoms with E-state index in [2.05, 4.69) is 10.6 Å². The Hall–Kier alpha value is -3.10. The third kappa shape index (κ3) is 8.20. The number of rotatable bonds is 10. The molecule has 9 nitrogen and oxygen atoms in total.